The number of hydrogen-bond donors (Lipinski definition) is 1. The lowest BCUT2D eigenvalue weighted by molar-refractivity contribution is 0.0383. The van der Waals surface area contributed by atoms with Crippen molar-refractivity contribution in [2.45, 2.75) is 11.9 Å². The molecule has 1 fully saturated rings. The zero-order valence-electron chi connectivity index (χ0n) is 13.5. The SMILES string of the molecule is CCSc1nc2sccn2c(=O)c1C(=O)NCCN1CCOCC1. The third kappa shape index (κ3) is 3.80. The molecule has 1 amide bonds. The van der Waals surface area contributed by atoms with Crippen molar-refractivity contribution >= 4 is 34.0 Å². The highest BCUT2D eigenvalue weighted by Crippen LogP contribution is 2.20. The summed E-state index contributed by atoms with van der Waals surface area (Å²) >= 11 is 2.81. The Labute approximate surface area is 148 Å². The van der Waals surface area contributed by atoms with Crippen molar-refractivity contribution in [2.24, 2.45) is 0 Å². The maximum absolute atomic E-state index is 12.6. The van der Waals surface area contributed by atoms with E-state index in [9.17, 15) is 9.59 Å². The Bertz CT molecular complexity index is 768. The number of amides is 1. The second-order valence-corrected chi connectivity index (χ2v) is 7.42. The number of carbonyl (C=O) groups excluding carboxylic acids is 1. The summed E-state index contributed by atoms with van der Waals surface area (Å²) in [7, 11) is 0. The Balaban J connectivity index is 1.74. The van der Waals surface area contributed by atoms with Gasteiger partial charge in [0.2, 0.25) is 0 Å². The van der Waals surface area contributed by atoms with Gasteiger partial charge in [0.05, 0.1) is 13.2 Å². The maximum atomic E-state index is 12.6. The minimum absolute atomic E-state index is 0.139. The third-order valence-electron chi connectivity index (χ3n) is 3.76. The molecule has 3 rings (SSSR count). The number of rotatable bonds is 6. The van der Waals surface area contributed by atoms with Gasteiger partial charge in [-0.2, -0.15) is 0 Å². The molecule has 0 aromatic carbocycles. The van der Waals surface area contributed by atoms with E-state index in [1.165, 1.54) is 27.5 Å². The number of morpholine rings is 1. The van der Waals surface area contributed by atoms with Crippen LogP contribution in [0.2, 0.25) is 0 Å². The predicted octanol–water partition coefficient (Wildman–Crippen LogP) is 0.930. The number of carbonyl (C=O) groups is 1. The van der Waals surface area contributed by atoms with Gasteiger partial charge in [0.1, 0.15) is 10.6 Å². The Hall–Kier alpha value is -1.42. The molecule has 0 unspecified atom stereocenters. The van der Waals surface area contributed by atoms with E-state index >= 15 is 0 Å². The number of thiazole rings is 1. The van der Waals surface area contributed by atoms with Gasteiger partial charge in [-0.3, -0.25) is 18.9 Å². The average Bonchev–Trinajstić information content (AvgIpc) is 3.05. The van der Waals surface area contributed by atoms with Crippen LogP contribution in [0.5, 0.6) is 0 Å². The van der Waals surface area contributed by atoms with Crippen LogP contribution in [0.4, 0.5) is 0 Å². The minimum Gasteiger partial charge on any atom is -0.379 e. The van der Waals surface area contributed by atoms with Gasteiger partial charge in [-0.15, -0.1) is 23.1 Å². The number of hydrogen-bond acceptors (Lipinski definition) is 7. The standard InChI is InChI=1S/C15H20N4O3S2/c1-2-23-13-11(14(21)19-7-10-24-15(19)17-13)12(20)16-3-4-18-5-8-22-9-6-18/h7,10H,2-6,8-9H2,1H3,(H,16,20). The molecule has 0 aliphatic carbocycles. The lowest BCUT2D eigenvalue weighted by Gasteiger charge is -2.26. The molecule has 0 radical (unpaired) electrons. The summed E-state index contributed by atoms with van der Waals surface area (Å²) in [6, 6.07) is 0. The van der Waals surface area contributed by atoms with Gasteiger partial charge in [-0.1, -0.05) is 6.92 Å². The molecular formula is C15H20N4O3S2. The van der Waals surface area contributed by atoms with Crippen LogP contribution in [0.3, 0.4) is 0 Å². The second kappa shape index (κ2) is 8.11. The van der Waals surface area contributed by atoms with Crippen molar-refractivity contribution in [2.75, 3.05) is 45.1 Å². The zero-order valence-corrected chi connectivity index (χ0v) is 15.1. The molecule has 0 atom stereocenters. The van der Waals surface area contributed by atoms with E-state index in [1.54, 1.807) is 11.6 Å². The molecule has 9 heteroatoms. The first-order valence-corrected chi connectivity index (χ1v) is 9.78. The molecule has 2 aromatic heterocycles. The summed E-state index contributed by atoms with van der Waals surface area (Å²) in [6.07, 6.45) is 1.65. The van der Waals surface area contributed by atoms with Crippen LogP contribution in [0.1, 0.15) is 17.3 Å². The summed E-state index contributed by atoms with van der Waals surface area (Å²) in [5.41, 5.74) is -0.166. The van der Waals surface area contributed by atoms with Crippen LogP contribution in [0, 0.1) is 0 Å². The first kappa shape index (κ1) is 17.4. The molecule has 7 nitrogen and oxygen atoms in total. The number of nitrogens with one attached hydrogen (secondary N) is 1. The highest BCUT2D eigenvalue weighted by Gasteiger charge is 2.20. The molecule has 1 aliphatic heterocycles. The van der Waals surface area contributed by atoms with E-state index in [2.05, 4.69) is 15.2 Å². The van der Waals surface area contributed by atoms with Crippen LogP contribution >= 0.6 is 23.1 Å². The fraction of sp³-hybridized carbons (Fsp3) is 0.533. The van der Waals surface area contributed by atoms with Crippen molar-refractivity contribution in [1.82, 2.24) is 19.6 Å². The van der Waals surface area contributed by atoms with Crippen LogP contribution in [-0.2, 0) is 4.74 Å². The van der Waals surface area contributed by atoms with E-state index in [0.717, 1.165) is 38.6 Å². The smallest absolute Gasteiger partial charge is 0.272 e. The molecule has 2 aromatic rings. The number of thioether (sulfide) groups is 1. The first-order chi connectivity index (χ1) is 11.7. The van der Waals surface area contributed by atoms with Crippen molar-refractivity contribution in [1.29, 1.82) is 0 Å². The molecule has 0 bridgehead atoms. The van der Waals surface area contributed by atoms with Crippen LogP contribution < -0.4 is 10.9 Å². The zero-order chi connectivity index (χ0) is 16.9. The van der Waals surface area contributed by atoms with Crippen LogP contribution in [-0.4, -0.2) is 65.3 Å². The molecule has 3 heterocycles. The highest BCUT2D eigenvalue weighted by molar-refractivity contribution is 7.99. The van der Waals surface area contributed by atoms with Gasteiger partial charge in [-0.25, -0.2) is 4.98 Å². The maximum Gasteiger partial charge on any atom is 0.272 e. The van der Waals surface area contributed by atoms with Crippen molar-refractivity contribution in [3.63, 3.8) is 0 Å². The van der Waals surface area contributed by atoms with Gasteiger partial charge in [-0.05, 0) is 5.75 Å². The van der Waals surface area contributed by atoms with Gasteiger partial charge in [0, 0.05) is 37.8 Å². The summed E-state index contributed by atoms with van der Waals surface area (Å²) in [6.45, 7) is 6.43. The van der Waals surface area contributed by atoms with Gasteiger partial charge < -0.3 is 10.1 Å². The first-order valence-electron chi connectivity index (χ1n) is 7.91. The highest BCUT2D eigenvalue weighted by atomic mass is 32.2. The van der Waals surface area contributed by atoms with Gasteiger partial charge in [0.25, 0.3) is 11.5 Å². The van der Waals surface area contributed by atoms with Crippen molar-refractivity contribution in [3.8, 4) is 0 Å². The average molecular weight is 368 g/mol. The summed E-state index contributed by atoms with van der Waals surface area (Å²) < 4.78 is 6.74. The lowest BCUT2D eigenvalue weighted by atomic mass is 10.3. The monoisotopic (exact) mass is 368 g/mol. The van der Waals surface area contributed by atoms with Gasteiger partial charge in [0.15, 0.2) is 4.96 Å². The number of fused-ring (bicyclic) bond motifs is 1. The summed E-state index contributed by atoms with van der Waals surface area (Å²) in [5.74, 6) is 0.402. The van der Waals surface area contributed by atoms with Crippen molar-refractivity contribution in [3.05, 3.63) is 27.5 Å². The predicted molar refractivity (Wildman–Crippen MR) is 95.3 cm³/mol. The number of ether oxygens (including phenoxy) is 1. The van der Waals surface area contributed by atoms with E-state index in [0.29, 0.717) is 16.5 Å². The molecular weight excluding hydrogens is 348 g/mol. The van der Waals surface area contributed by atoms with Gasteiger partial charge >= 0.3 is 0 Å². The fourth-order valence-electron chi connectivity index (χ4n) is 2.54. The largest absolute Gasteiger partial charge is 0.379 e. The molecule has 0 spiro atoms. The second-order valence-electron chi connectivity index (χ2n) is 5.30. The molecule has 1 N–H and O–H groups in total. The molecule has 130 valence electrons. The van der Waals surface area contributed by atoms with E-state index < -0.39 is 0 Å². The molecule has 0 saturated carbocycles. The van der Waals surface area contributed by atoms with E-state index in [4.69, 9.17) is 4.74 Å². The van der Waals surface area contributed by atoms with Crippen molar-refractivity contribution < 1.29 is 9.53 Å². The fourth-order valence-corrected chi connectivity index (χ4v) is 4.05. The normalized spacial score (nSPS) is 15.7. The Morgan fingerprint density at radius 3 is 3.00 bits per heavy atom. The molecule has 24 heavy (non-hydrogen) atoms. The van der Waals surface area contributed by atoms with Crippen LogP contribution in [0.15, 0.2) is 21.4 Å². The Morgan fingerprint density at radius 1 is 1.46 bits per heavy atom. The quantitative estimate of drug-likeness (QED) is 0.604. The Morgan fingerprint density at radius 2 is 2.25 bits per heavy atom. The number of aromatic nitrogens is 2. The third-order valence-corrected chi connectivity index (χ3v) is 5.37. The van der Waals surface area contributed by atoms with E-state index in [-0.39, 0.29) is 17.0 Å². The summed E-state index contributed by atoms with van der Waals surface area (Å²) in [4.78, 5) is 32.5. The minimum atomic E-state index is -0.350. The van der Waals surface area contributed by atoms with E-state index in [1.807, 2.05) is 6.92 Å². The molecule has 1 saturated heterocycles. The number of nitrogens with zero attached hydrogens (tertiary/aromatic N) is 3. The van der Waals surface area contributed by atoms with Crippen LogP contribution in [0.25, 0.3) is 4.96 Å². The molecule has 1 aliphatic rings. The summed E-state index contributed by atoms with van der Waals surface area (Å²) in [5, 5.41) is 5.16. The lowest BCUT2D eigenvalue weighted by Crippen LogP contribution is -2.42. The Kier molecular flexibility index (Phi) is 5.88. The topological polar surface area (TPSA) is 75.9 Å².